The summed E-state index contributed by atoms with van der Waals surface area (Å²) in [6.07, 6.45) is 1.71. The highest BCUT2D eigenvalue weighted by molar-refractivity contribution is 6.36. The number of hydrogen-bond acceptors (Lipinski definition) is 3. The zero-order valence-electron chi connectivity index (χ0n) is 8.12. The molecule has 2 rings (SSSR count). The molecule has 0 radical (unpaired) electrons. The Hall–Kier alpha value is -1.03. The van der Waals surface area contributed by atoms with Crippen molar-refractivity contribution in [2.45, 2.75) is 6.92 Å². The fourth-order valence-electron chi connectivity index (χ4n) is 1.48. The van der Waals surface area contributed by atoms with Gasteiger partial charge in [-0.25, -0.2) is 0 Å². The summed E-state index contributed by atoms with van der Waals surface area (Å²) in [6.45, 7) is 1.99. The second-order valence-electron chi connectivity index (χ2n) is 3.09. The molecule has 0 atom stereocenters. The van der Waals surface area contributed by atoms with Gasteiger partial charge in [0, 0.05) is 11.6 Å². The average molecular weight is 244 g/mol. The highest BCUT2D eigenvalue weighted by Crippen LogP contribution is 2.30. The van der Waals surface area contributed by atoms with Crippen molar-refractivity contribution in [3.63, 3.8) is 0 Å². The van der Waals surface area contributed by atoms with Crippen molar-refractivity contribution < 1.29 is 0 Å². The van der Waals surface area contributed by atoms with Crippen molar-refractivity contribution in [3.8, 4) is 0 Å². The van der Waals surface area contributed by atoms with Gasteiger partial charge < -0.3 is 5.43 Å². The summed E-state index contributed by atoms with van der Waals surface area (Å²) in [5.74, 6) is 5.40. The largest absolute Gasteiger partial charge is 0.323 e. The van der Waals surface area contributed by atoms with Crippen LogP contribution in [0.5, 0.6) is 0 Å². The summed E-state index contributed by atoms with van der Waals surface area (Å²) in [6, 6.07) is 5.59. The first kappa shape index (κ1) is 12.0. The summed E-state index contributed by atoms with van der Waals surface area (Å²) in [4.78, 5) is 4.27. The third kappa shape index (κ3) is 2.00. The SMILES string of the molecule is Cc1ccc(Cl)c2c(NN)ccnc12.Cl. The standard InChI is InChI=1S/C10H10ClN3.ClH/c1-6-2-3-7(11)9-8(14-12)4-5-13-10(6)9;/h2-5H,12H2,1H3,(H,13,14);1H. The Morgan fingerprint density at radius 2 is 2.07 bits per heavy atom. The van der Waals surface area contributed by atoms with E-state index >= 15 is 0 Å². The van der Waals surface area contributed by atoms with E-state index in [0.29, 0.717) is 5.02 Å². The second kappa shape index (κ2) is 4.66. The summed E-state index contributed by atoms with van der Waals surface area (Å²) >= 11 is 6.08. The first-order valence-corrected chi connectivity index (χ1v) is 4.62. The van der Waals surface area contributed by atoms with Gasteiger partial charge in [0.05, 0.1) is 16.2 Å². The minimum Gasteiger partial charge on any atom is -0.323 e. The van der Waals surface area contributed by atoms with Crippen molar-refractivity contribution in [2.75, 3.05) is 5.43 Å². The van der Waals surface area contributed by atoms with Crippen LogP contribution in [0, 0.1) is 6.92 Å². The van der Waals surface area contributed by atoms with E-state index in [2.05, 4.69) is 10.4 Å². The lowest BCUT2D eigenvalue weighted by Gasteiger charge is -2.08. The number of nitrogens with two attached hydrogens (primary N) is 1. The molecule has 80 valence electrons. The molecule has 0 bridgehead atoms. The van der Waals surface area contributed by atoms with E-state index in [0.717, 1.165) is 22.2 Å². The summed E-state index contributed by atoms with van der Waals surface area (Å²) < 4.78 is 0. The first-order valence-electron chi connectivity index (χ1n) is 4.24. The van der Waals surface area contributed by atoms with E-state index in [1.54, 1.807) is 12.3 Å². The summed E-state index contributed by atoms with van der Waals surface area (Å²) in [5.41, 5.74) is 5.38. The molecule has 0 saturated carbocycles. The fourth-order valence-corrected chi connectivity index (χ4v) is 1.74. The van der Waals surface area contributed by atoms with Gasteiger partial charge in [-0.15, -0.1) is 12.4 Å². The van der Waals surface area contributed by atoms with Crippen LogP contribution < -0.4 is 11.3 Å². The molecule has 15 heavy (non-hydrogen) atoms. The quantitative estimate of drug-likeness (QED) is 0.599. The average Bonchev–Trinajstić information content (AvgIpc) is 2.23. The van der Waals surface area contributed by atoms with Gasteiger partial charge in [-0.05, 0) is 24.6 Å². The van der Waals surface area contributed by atoms with Gasteiger partial charge in [-0.2, -0.15) is 0 Å². The highest BCUT2D eigenvalue weighted by atomic mass is 35.5. The van der Waals surface area contributed by atoms with Crippen molar-refractivity contribution in [3.05, 3.63) is 35.0 Å². The fraction of sp³-hybridized carbons (Fsp3) is 0.100. The van der Waals surface area contributed by atoms with Crippen molar-refractivity contribution in [2.24, 2.45) is 5.84 Å². The number of hydrazine groups is 1. The summed E-state index contributed by atoms with van der Waals surface area (Å²) in [5, 5.41) is 1.53. The van der Waals surface area contributed by atoms with E-state index in [1.165, 1.54) is 0 Å². The van der Waals surface area contributed by atoms with Crippen LogP contribution in [-0.4, -0.2) is 4.98 Å². The molecular formula is C10H11Cl2N3. The Morgan fingerprint density at radius 3 is 2.73 bits per heavy atom. The van der Waals surface area contributed by atoms with Gasteiger partial charge in [0.25, 0.3) is 0 Å². The van der Waals surface area contributed by atoms with E-state index in [9.17, 15) is 0 Å². The van der Waals surface area contributed by atoms with Crippen LogP contribution in [-0.2, 0) is 0 Å². The molecule has 0 aliphatic heterocycles. The number of nitrogens with zero attached hydrogens (tertiary/aromatic N) is 1. The molecule has 1 aromatic carbocycles. The van der Waals surface area contributed by atoms with Crippen LogP contribution >= 0.6 is 24.0 Å². The van der Waals surface area contributed by atoms with Crippen LogP contribution in [0.2, 0.25) is 5.02 Å². The first-order chi connectivity index (χ1) is 6.74. The summed E-state index contributed by atoms with van der Waals surface area (Å²) in [7, 11) is 0. The molecule has 5 heteroatoms. The molecule has 3 nitrogen and oxygen atoms in total. The topological polar surface area (TPSA) is 50.9 Å². The molecule has 2 aromatic rings. The third-order valence-electron chi connectivity index (χ3n) is 2.20. The van der Waals surface area contributed by atoms with Crippen LogP contribution in [0.25, 0.3) is 10.9 Å². The number of nitrogen functional groups attached to an aromatic ring is 1. The predicted octanol–water partition coefficient (Wildman–Crippen LogP) is 2.90. The minimum absolute atomic E-state index is 0. The van der Waals surface area contributed by atoms with Gasteiger partial charge in [-0.1, -0.05) is 17.7 Å². The maximum absolute atomic E-state index is 6.08. The Balaban J connectivity index is 0.00000112. The Labute approximate surface area is 99.0 Å². The molecule has 0 saturated heterocycles. The maximum Gasteiger partial charge on any atom is 0.0767 e. The number of halogens is 2. The lowest BCUT2D eigenvalue weighted by atomic mass is 10.1. The normalized spacial score (nSPS) is 9.80. The van der Waals surface area contributed by atoms with Crippen molar-refractivity contribution >= 4 is 40.6 Å². The zero-order chi connectivity index (χ0) is 10.1. The molecule has 0 unspecified atom stereocenters. The monoisotopic (exact) mass is 243 g/mol. The number of fused-ring (bicyclic) bond motifs is 1. The molecule has 1 aromatic heterocycles. The maximum atomic E-state index is 6.08. The van der Waals surface area contributed by atoms with Crippen LogP contribution in [0.1, 0.15) is 5.56 Å². The van der Waals surface area contributed by atoms with Gasteiger partial charge in [-0.3, -0.25) is 10.8 Å². The predicted molar refractivity (Wildman–Crippen MR) is 66.5 cm³/mol. The zero-order valence-corrected chi connectivity index (χ0v) is 9.69. The van der Waals surface area contributed by atoms with Crippen LogP contribution in [0.3, 0.4) is 0 Å². The molecule has 3 N–H and O–H groups in total. The number of aromatic nitrogens is 1. The van der Waals surface area contributed by atoms with E-state index in [4.69, 9.17) is 17.4 Å². The number of rotatable bonds is 1. The van der Waals surface area contributed by atoms with Gasteiger partial charge in [0.15, 0.2) is 0 Å². The number of nitrogens with one attached hydrogen (secondary N) is 1. The third-order valence-corrected chi connectivity index (χ3v) is 2.51. The number of pyridine rings is 1. The minimum atomic E-state index is 0. The van der Waals surface area contributed by atoms with E-state index < -0.39 is 0 Å². The van der Waals surface area contributed by atoms with Gasteiger partial charge in [0.2, 0.25) is 0 Å². The van der Waals surface area contributed by atoms with Gasteiger partial charge >= 0.3 is 0 Å². The Kier molecular flexibility index (Phi) is 3.74. The molecular weight excluding hydrogens is 233 g/mol. The molecule has 1 heterocycles. The number of anilines is 1. The molecule has 0 aliphatic carbocycles. The Morgan fingerprint density at radius 1 is 1.33 bits per heavy atom. The lowest BCUT2D eigenvalue weighted by molar-refractivity contribution is 1.32. The molecule has 0 amide bonds. The van der Waals surface area contributed by atoms with E-state index in [1.807, 2.05) is 19.1 Å². The van der Waals surface area contributed by atoms with Crippen LogP contribution in [0.4, 0.5) is 5.69 Å². The van der Waals surface area contributed by atoms with Gasteiger partial charge in [0.1, 0.15) is 0 Å². The van der Waals surface area contributed by atoms with Crippen molar-refractivity contribution in [1.29, 1.82) is 0 Å². The van der Waals surface area contributed by atoms with E-state index in [-0.39, 0.29) is 12.4 Å². The molecule has 0 fully saturated rings. The van der Waals surface area contributed by atoms with Crippen LogP contribution in [0.15, 0.2) is 24.4 Å². The highest BCUT2D eigenvalue weighted by Gasteiger charge is 2.06. The second-order valence-corrected chi connectivity index (χ2v) is 3.50. The number of benzene rings is 1. The smallest absolute Gasteiger partial charge is 0.0767 e. The number of hydrogen-bond donors (Lipinski definition) is 2. The molecule has 0 aliphatic rings. The Bertz CT molecular complexity index is 485. The lowest BCUT2D eigenvalue weighted by Crippen LogP contribution is -2.07. The number of aryl methyl sites for hydroxylation is 1. The molecule has 0 spiro atoms. The van der Waals surface area contributed by atoms with Crippen molar-refractivity contribution in [1.82, 2.24) is 4.98 Å².